The van der Waals surface area contributed by atoms with Crippen LogP contribution in [0.1, 0.15) is 32.6 Å². The molecule has 0 aromatic carbocycles. The summed E-state index contributed by atoms with van der Waals surface area (Å²) in [6, 6.07) is -5.60. The van der Waals surface area contributed by atoms with Gasteiger partial charge in [-0.3, -0.25) is 29.0 Å². The van der Waals surface area contributed by atoms with Crippen LogP contribution in [0.15, 0.2) is 4.99 Å². The van der Waals surface area contributed by atoms with Crippen molar-refractivity contribution in [3.8, 4) is 0 Å². The molecule has 4 atom stereocenters. The van der Waals surface area contributed by atoms with Crippen LogP contribution in [0.3, 0.4) is 0 Å². The first-order valence-corrected chi connectivity index (χ1v) is 9.69. The maximum Gasteiger partial charge on any atom is 0.326 e. The van der Waals surface area contributed by atoms with Gasteiger partial charge in [0.15, 0.2) is 5.96 Å². The summed E-state index contributed by atoms with van der Waals surface area (Å²) < 4.78 is 0. The Morgan fingerprint density at radius 3 is 1.91 bits per heavy atom. The normalized spacial score (nSPS) is 14.0. The Morgan fingerprint density at radius 2 is 1.42 bits per heavy atom. The highest BCUT2D eigenvalue weighted by Gasteiger charge is 2.29. The van der Waals surface area contributed by atoms with E-state index in [1.807, 2.05) is 0 Å². The molecule has 0 rings (SSSR count). The Morgan fingerprint density at radius 1 is 0.848 bits per heavy atom. The van der Waals surface area contributed by atoms with Crippen molar-refractivity contribution in [2.24, 2.45) is 27.9 Å². The summed E-state index contributed by atoms with van der Waals surface area (Å²) >= 11 is 0. The van der Waals surface area contributed by atoms with Gasteiger partial charge in [0.25, 0.3) is 0 Å². The van der Waals surface area contributed by atoms with E-state index in [1.54, 1.807) is 0 Å². The van der Waals surface area contributed by atoms with Gasteiger partial charge in [-0.25, -0.2) is 4.79 Å². The van der Waals surface area contributed by atoms with Gasteiger partial charge in [-0.05, 0) is 19.8 Å². The molecule has 0 saturated carbocycles. The summed E-state index contributed by atoms with van der Waals surface area (Å²) in [5.41, 5.74) is 20.8. The van der Waals surface area contributed by atoms with E-state index in [2.05, 4.69) is 20.9 Å². The number of rotatable bonds is 15. The van der Waals surface area contributed by atoms with Gasteiger partial charge in [0.2, 0.25) is 23.6 Å². The summed E-state index contributed by atoms with van der Waals surface area (Å²) in [4.78, 5) is 73.7. The van der Waals surface area contributed by atoms with Crippen LogP contribution in [-0.4, -0.2) is 82.5 Å². The summed E-state index contributed by atoms with van der Waals surface area (Å²) in [7, 11) is 0. The lowest BCUT2D eigenvalue weighted by Gasteiger charge is -2.22. The second kappa shape index (κ2) is 14.2. The predicted molar refractivity (Wildman–Crippen MR) is 113 cm³/mol. The van der Waals surface area contributed by atoms with E-state index >= 15 is 0 Å². The summed E-state index contributed by atoms with van der Waals surface area (Å²) in [5.74, 6) is -6.68. The first-order chi connectivity index (χ1) is 15.2. The number of carboxylic acid groups (broad SMARTS) is 2. The van der Waals surface area contributed by atoms with Gasteiger partial charge in [0.1, 0.15) is 18.1 Å². The molecule has 0 heterocycles. The Labute approximate surface area is 188 Å². The van der Waals surface area contributed by atoms with Crippen LogP contribution < -0.4 is 38.9 Å². The number of aliphatic carboxylic acids is 2. The molecule has 186 valence electrons. The average Bonchev–Trinajstić information content (AvgIpc) is 2.67. The zero-order valence-electron chi connectivity index (χ0n) is 17.9. The van der Waals surface area contributed by atoms with Crippen LogP contribution >= 0.6 is 0 Å². The first kappa shape index (κ1) is 29.0. The van der Waals surface area contributed by atoms with Crippen molar-refractivity contribution < 1.29 is 39.0 Å². The zero-order valence-corrected chi connectivity index (χ0v) is 17.9. The van der Waals surface area contributed by atoms with Crippen molar-refractivity contribution >= 4 is 41.5 Å². The molecular formula is C17H30N8O8. The van der Waals surface area contributed by atoms with E-state index in [1.165, 1.54) is 6.92 Å². The van der Waals surface area contributed by atoms with Crippen molar-refractivity contribution in [2.75, 3.05) is 6.54 Å². The van der Waals surface area contributed by atoms with E-state index in [0.29, 0.717) is 0 Å². The fourth-order valence-corrected chi connectivity index (χ4v) is 2.41. The minimum Gasteiger partial charge on any atom is -0.481 e. The molecule has 13 N–H and O–H groups in total. The van der Waals surface area contributed by atoms with Crippen LogP contribution in [0.2, 0.25) is 0 Å². The topological polar surface area (TPSA) is 295 Å². The number of aliphatic imine (C=N–C) groups is 1. The number of primary amides is 1. The molecule has 0 aromatic rings. The van der Waals surface area contributed by atoms with E-state index in [0.717, 1.165) is 0 Å². The SMILES string of the molecule is CC(NC(=O)C(CC(N)=O)NC(=O)C(N)CC(=O)O)C(=O)NC(CCCN=C(N)N)C(=O)O. The average molecular weight is 474 g/mol. The van der Waals surface area contributed by atoms with E-state index in [4.69, 9.17) is 28.0 Å². The van der Waals surface area contributed by atoms with Crippen LogP contribution in [0, 0.1) is 0 Å². The van der Waals surface area contributed by atoms with Gasteiger partial charge >= 0.3 is 11.9 Å². The number of nitrogens with two attached hydrogens (primary N) is 4. The van der Waals surface area contributed by atoms with Crippen molar-refractivity contribution in [1.29, 1.82) is 0 Å². The minimum absolute atomic E-state index is 0.000341. The molecule has 0 aliphatic rings. The Kier molecular flexibility index (Phi) is 12.5. The van der Waals surface area contributed by atoms with Gasteiger partial charge in [-0.2, -0.15) is 0 Å². The molecule has 4 unspecified atom stereocenters. The third kappa shape index (κ3) is 12.5. The molecule has 0 aliphatic carbocycles. The van der Waals surface area contributed by atoms with Crippen LogP contribution in [-0.2, 0) is 28.8 Å². The third-order valence-electron chi connectivity index (χ3n) is 4.08. The van der Waals surface area contributed by atoms with Crippen LogP contribution in [0.25, 0.3) is 0 Å². The molecule has 16 heteroatoms. The standard InChI is InChI=1S/C17H30N8O8/c1-7(13(29)24-9(16(32)33)3-2-4-22-17(20)21)23-15(31)10(6-11(19)26)25-14(30)8(18)5-12(27)28/h7-10H,2-6,18H2,1H3,(H2,19,26)(H,23,31)(H,24,29)(H,25,30)(H,27,28)(H,32,33)(H4,20,21,22). The predicted octanol–water partition coefficient (Wildman–Crippen LogP) is -4.72. The molecular weight excluding hydrogens is 444 g/mol. The molecule has 0 spiro atoms. The molecule has 33 heavy (non-hydrogen) atoms. The molecule has 0 aromatic heterocycles. The number of carboxylic acids is 2. The summed E-state index contributed by atoms with van der Waals surface area (Å²) in [6.07, 6.45) is -1.14. The number of nitrogens with one attached hydrogen (secondary N) is 3. The fourth-order valence-electron chi connectivity index (χ4n) is 2.41. The monoisotopic (exact) mass is 474 g/mol. The summed E-state index contributed by atoms with van der Waals surface area (Å²) in [5, 5.41) is 24.5. The third-order valence-corrected chi connectivity index (χ3v) is 4.08. The number of guanidine groups is 1. The number of carbonyl (C=O) groups excluding carboxylic acids is 4. The second-order valence-electron chi connectivity index (χ2n) is 7.01. The number of amides is 4. The molecule has 0 saturated heterocycles. The molecule has 0 fully saturated rings. The lowest BCUT2D eigenvalue weighted by Crippen LogP contribution is -2.57. The van der Waals surface area contributed by atoms with Crippen molar-refractivity contribution in [3.05, 3.63) is 0 Å². The fraction of sp³-hybridized carbons (Fsp3) is 0.588. The van der Waals surface area contributed by atoms with E-state index in [-0.39, 0.29) is 25.3 Å². The number of nitrogens with zero attached hydrogens (tertiary/aromatic N) is 1. The number of carbonyl (C=O) groups is 6. The van der Waals surface area contributed by atoms with E-state index < -0.39 is 72.6 Å². The van der Waals surface area contributed by atoms with E-state index in [9.17, 15) is 33.9 Å². The van der Waals surface area contributed by atoms with Gasteiger partial charge in [-0.1, -0.05) is 0 Å². The molecule has 0 radical (unpaired) electrons. The zero-order chi connectivity index (χ0) is 25.7. The van der Waals surface area contributed by atoms with Gasteiger partial charge in [-0.15, -0.1) is 0 Å². The maximum atomic E-state index is 12.4. The smallest absolute Gasteiger partial charge is 0.326 e. The highest BCUT2D eigenvalue weighted by Crippen LogP contribution is 2.01. The summed E-state index contributed by atoms with van der Waals surface area (Å²) in [6.45, 7) is 1.39. The highest BCUT2D eigenvalue weighted by molar-refractivity contribution is 5.96. The number of hydrogen-bond acceptors (Lipinski definition) is 8. The molecule has 0 aliphatic heterocycles. The van der Waals surface area contributed by atoms with Gasteiger partial charge in [0.05, 0.1) is 18.9 Å². The largest absolute Gasteiger partial charge is 0.481 e. The number of hydrogen-bond donors (Lipinski definition) is 9. The lowest BCUT2D eigenvalue weighted by molar-refractivity contribution is -0.142. The van der Waals surface area contributed by atoms with Crippen molar-refractivity contribution in [1.82, 2.24) is 16.0 Å². The quantitative estimate of drug-likeness (QED) is 0.0616. The first-order valence-electron chi connectivity index (χ1n) is 9.69. The molecule has 0 bridgehead atoms. The minimum atomic E-state index is -1.54. The molecule has 16 nitrogen and oxygen atoms in total. The van der Waals surface area contributed by atoms with Crippen LogP contribution in [0.4, 0.5) is 0 Å². The van der Waals surface area contributed by atoms with Crippen molar-refractivity contribution in [3.63, 3.8) is 0 Å². The second-order valence-corrected chi connectivity index (χ2v) is 7.01. The Bertz CT molecular complexity index is 783. The lowest BCUT2D eigenvalue weighted by atomic mass is 10.1. The Hall–Kier alpha value is -3.95. The van der Waals surface area contributed by atoms with Crippen molar-refractivity contribution in [2.45, 2.75) is 56.8 Å². The van der Waals surface area contributed by atoms with Crippen LogP contribution in [0.5, 0.6) is 0 Å². The molecule has 4 amide bonds. The maximum absolute atomic E-state index is 12.4. The highest BCUT2D eigenvalue weighted by atomic mass is 16.4. The Balaban J connectivity index is 5.05. The van der Waals surface area contributed by atoms with Gasteiger partial charge < -0.3 is 49.1 Å². The van der Waals surface area contributed by atoms with Gasteiger partial charge in [0, 0.05) is 6.54 Å².